The minimum Gasteiger partial charge on any atom is -0.399 e. The zero-order valence-electron chi connectivity index (χ0n) is 11.9. The zero-order chi connectivity index (χ0) is 14.8. The van der Waals surface area contributed by atoms with E-state index in [4.69, 9.17) is 5.73 Å². The molecule has 0 fully saturated rings. The predicted molar refractivity (Wildman–Crippen MR) is 90.9 cm³/mol. The van der Waals surface area contributed by atoms with Crippen molar-refractivity contribution in [3.8, 4) is 0 Å². The molecule has 1 aliphatic heterocycles. The molecule has 2 aromatic rings. The van der Waals surface area contributed by atoms with Gasteiger partial charge in [-0.15, -0.1) is 11.3 Å². The first-order valence-corrected chi connectivity index (χ1v) is 8.94. The maximum atomic E-state index is 12.3. The van der Waals surface area contributed by atoms with Crippen molar-refractivity contribution in [3.63, 3.8) is 0 Å². The van der Waals surface area contributed by atoms with Gasteiger partial charge in [0.15, 0.2) is 0 Å². The average Bonchev–Trinajstić information content (AvgIpc) is 2.92. The van der Waals surface area contributed by atoms with Crippen LogP contribution < -0.4 is 11.1 Å². The van der Waals surface area contributed by atoms with Gasteiger partial charge in [-0.05, 0) is 47.9 Å². The first-order valence-electron chi connectivity index (χ1n) is 6.96. The number of thioether (sulfide) groups is 1. The van der Waals surface area contributed by atoms with E-state index < -0.39 is 0 Å². The zero-order valence-corrected chi connectivity index (χ0v) is 13.6. The monoisotopic (exact) mass is 318 g/mol. The van der Waals surface area contributed by atoms with E-state index in [9.17, 15) is 4.79 Å². The van der Waals surface area contributed by atoms with E-state index in [0.29, 0.717) is 6.54 Å². The molecule has 0 saturated heterocycles. The number of amides is 1. The molecule has 0 aliphatic carbocycles. The Kier molecular flexibility index (Phi) is 4.22. The Morgan fingerprint density at radius 1 is 1.43 bits per heavy atom. The topological polar surface area (TPSA) is 55.1 Å². The first kappa shape index (κ1) is 14.5. The highest BCUT2D eigenvalue weighted by Gasteiger charge is 2.17. The second-order valence-corrected chi connectivity index (χ2v) is 7.42. The number of hydrogen-bond acceptors (Lipinski definition) is 4. The van der Waals surface area contributed by atoms with Crippen LogP contribution in [0.4, 0.5) is 5.69 Å². The molecule has 3 nitrogen and oxygen atoms in total. The molecule has 0 bridgehead atoms. The lowest BCUT2D eigenvalue weighted by Gasteiger charge is -2.09. The maximum absolute atomic E-state index is 12.3. The van der Waals surface area contributed by atoms with Gasteiger partial charge in [-0.1, -0.05) is 12.1 Å². The Hall–Kier alpha value is -1.46. The van der Waals surface area contributed by atoms with Crippen molar-refractivity contribution in [2.45, 2.75) is 25.6 Å². The van der Waals surface area contributed by atoms with Crippen molar-refractivity contribution in [1.82, 2.24) is 5.32 Å². The Morgan fingerprint density at radius 2 is 2.29 bits per heavy atom. The van der Waals surface area contributed by atoms with Crippen molar-refractivity contribution in [1.29, 1.82) is 0 Å². The number of carbonyl (C=O) groups excluding carboxylic acids is 1. The van der Waals surface area contributed by atoms with Crippen molar-refractivity contribution in [3.05, 3.63) is 50.7 Å². The van der Waals surface area contributed by atoms with Crippen LogP contribution in [0.25, 0.3) is 0 Å². The number of thiophene rings is 1. The summed E-state index contributed by atoms with van der Waals surface area (Å²) in [5.74, 6) is 2.21. The smallest absolute Gasteiger partial charge is 0.261 e. The second-order valence-electron chi connectivity index (χ2n) is 5.18. The number of carbonyl (C=O) groups is 1. The highest BCUT2D eigenvalue weighted by atomic mass is 32.2. The van der Waals surface area contributed by atoms with Gasteiger partial charge in [-0.2, -0.15) is 11.8 Å². The lowest BCUT2D eigenvalue weighted by atomic mass is 10.1. The second kappa shape index (κ2) is 6.12. The summed E-state index contributed by atoms with van der Waals surface area (Å²) in [6.45, 7) is 2.50. The SMILES string of the molecule is Cc1c(N)cccc1CNC(=O)c1cc2c(s1)CCSC2. The van der Waals surface area contributed by atoms with E-state index in [1.165, 1.54) is 10.4 Å². The molecule has 2 heterocycles. The number of fused-ring (bicyclic) bond motifs is 1. The minimum atomic E-state index is 0.0150. The Morgan fingerprint density at radius 3 is 3.10 bits per heavy atom. The van der Waals surface area contributed by atoms with E-state index in [-0.39, 0.29) is 5.91 Å². The fourth-order valence-corrected chi connectivity index (χ4v) is 4.71. The summed E-state index contributed by atoms with van der Waals surface area (Å²) in [5.41, 5.74) is 10.1. The molecule has 21 heavy (non-hydrogen) atoms. The highest BCUT2D eigenvalue weighted by molar-refractivity contribution is 7.98. The van der Waals surface area contributed by atoms with E-state index in [0.717, 1.165) is 39.6 Å². The molecular formula is C16H18N2OS2. The van der Waals surface area contributed by atoms with Crippen molar-refractivity contribution >= 4 is 34.7 Å². The highest BCUT2D eigenvalue weighted by Crippen LogP contribution is 2.31. The minimum absolute atomic E-state index is 0.0150. The summed E-state index contributed by atoms with van der Waals surface area (Å²) in [4.78, 5) is 14.5. The van der Waals surface area contributed by atoms with Crippen LogP contribution in [-0.2, 0) is 18.7 Å². The third-order valence-electron chi connectivity index (χ3n) is 3.78. The number of benzene rings is 1. The largest absolute Gasteiger partial charge is 0.399 e. The van der Waals surface area contributed by atoms with E-state index >= 15 is 0 Å². The van der Waals surface area contributed by atoms with Crippen LogP contribution in [-0.4, -0.2) is 11.7 Å². The van der Waals surface area contributed by atoms with Crippen LogP contribution in [0.2, 0.25) is 0 Å². The van der Waals surface area contributed by atoms with Crippen molar-refractivity contribution < 1.29 is 4.79 Å². The van der Waals surface area contributed by atoms with Gasteiger partial charge in [0, 0.05) is 22.9 Å². The summed E-state index contributed by atoms with van der Waals surface area (Å²) in [6.07, 6.45) is 1.09. The van der Waals surface area contributed by atoms with Gasteiger partial charge in [0.05, 0.1) is 4.88 Å². The molecule has 0 unspecified atom stereocenters. The Bertz CT molecular complexity index is 655. The molecule has 5 heteroatoms. The molecule has 1 aliphatic rings. The fourth-order valence-electron chi connectivity index (χ4n) is 2.42. The van der Waals surface area contributed by atoms with E-state index in [2.05, 4.69) is 5.32 Å². The van der Waals surface area contributed by atoms with Crippen LogP contribution in [0.5, 0.6) is 0 Å². The third kappa shape index (κ3) is 3.09. The molecule has 1 aromatic carbocycles. The number of nitrogens with two attached hydrogens (primary N) is 1. The van der Waals surface area contributed by atoms with Gasteiger partial charge in [-0.25, -0.2) is 0 Å². The van der Waals surface area contributed by atoms with Gasteiger partial charge < -0.3 is 11.1 Å². The maximum Gasteiger partial charge on any atom is 0.261 e. The fraction of sp³-hybridized carbons (Fsp3) is 0.312. The number of anilines is 1. The number of aryl methyl sites for hydroxylation is 1. The predicted octanol–water partition coefficient (Wildman–Crippen LogP) is 3.36. The van der Waals surface area contributed by atoms with Crippen LogP contribution in [0.1, 0.15) is 31.2 Å². The van der Waals surface area contributed by atoms with E-state index in [1.807, 2.05) is 43.0 Å². The van der Waals surface area contributed by atoms with Crippen LogP contribution in [0.15, 0.2) is 24.3 Å². The lowest BCUT2D eigenvalue weighted by molar-refractivity contribution is 0.0955. The summed E-state index contributed by atoms with van der Waals surface area (Å²) in [6, 6.07) is 7.85. The summed E-state index contributed by atoms with van der Waals surface area (Å²) in [5, 5.41) is 3.00. The van der Waals surface area contributed by atoms with Gasteiger partial charge in [0.25, 0.3) is 5.91 Å². The molecule has 0 spiro atoms. The Balaban J connectivity index is 1.69. The van der Waals surface area contributed by atoms with Gasteiger partial charge in [-0.3, -0.25) is 4.79 Å². The Labute approximate surface area is 132 Å². The molecule has 1 aromatic heterocycles. The first-order chi connectivity index (χ1) is 10.1. The molecular weight excluding hydrogens is 300 g/mol. The molecule has 0 atom stereocenters. The standard InChI is InChI=1S/C16H18N2OS2/c1-10-11(3-2-4-13(10)17)8-18-16(19)15-7-12-9-20-6-5-14(12)21-15/h2-4,7H,5-6,8-9,17H2,1H3,(H,18,19). The molecule has 0 saturated carbocycles. The number of nitrogens with one attached hydrogen (secondary N) is 1. The number of rotatable bonds is 3. The summed E-state index contributed by atoms with van der Waals surface area (Å²) >= 11 is 3.57. The van der Waals surface area contributed by atoms with Crippen LogP contribution >= 0.6 is 23.1 Å². The van der Waals surface area contributed by atoms with Gasteiger partial charge in [0.1, 0.15) is 0 Å². The van der Waals surface area contributed by atoms with Crippen LogP contribution in [0.3, 0.4) is 0 Å². The van der Waals surface area contributed by atoms with Gasteiger partial charge in [0.2, 0.25) is 0 Å². The quantitative estimate of drug-likeness (QED) is 0.853. The summed E-state index contributed by atoms with van der Waals surface area (Å²) < 4.78 is 0. The van der Waals surface area contributed by atoms with E-state index in [1.54, 1.807) is 11.3 Å². The third-order valence-corrected chi connectivity index (χ3v) is 6.02. The van der Waals surface area contributed by atoms with Crippen LogP contribution in [0, 0.1) is 6.92 Å². The molecule has 0 radical (unpaired) electrons. The molecule has 1 amide bonds. The molecule has 3 N–H and O–H groups in total. The van der Waals surface area contributed by atoms with Crippen molar-refractivity contribution in [2.75, 3.05) is 11.5 Å². The van der Waals surface area contributed by atoms with Gasteiger partial charge >= 0.3 is 0 Å². The number of hydrogen-bond donors (Lipinski definition) is 2. The lowest BCUT2D eigenvalue weighted by Crippen LogP contribution is -2.22. The summed E-state index contributed by atoms with van der Waals surface area (Å²) in [7, 11) is 0. The molecule has 3 rings (SSSR count). The number of nitrogen functional groups attached to an aromatic ring is 1. The average molecular weight is 318 g/mol. The van der Waals surface area contributed by atoms with Crippen molar-refractivity contribution in [2.24, 2.45) is 0 Å². The normalized spacial score (nSPS) is 13.8. The molecule has 110 valence electrons.